The van der Waals surface area contributed by atoms with Crippen molar-refractivity contribution in [3.05, 3.63) is 35.3 Å². The van der Waals surface area contributed by atoms with Crippen LogP contribution in [0, 0.1) is 5.82 Å². The Labute approximate surface area is 107 Å². The summed E-state index contributed by atoms with van der Waals surface area (Å²) in [5.41, 5.74) is 3.19. The van der Waals surface area contributed by atoms with Crippen LogP contribution in [0.3, 0.4) is 0 Å². The van der Waals surface area contributed by atoms with Gasteiger partial charge in [0.05, 0.1) is 5.52 Å². The molecule has 1 atom stereocenters. The summed E-state index contributed by atoms with van der Waals surface area (Å²) in [4.78, 5) is 3.26. The maximum absolute atomic E-state index is 13.7. The molecular formula is C15H19FN2. The van der Waals surface area contributed by atoms with Crippen molar-refractivity contribution in [2.75, 3.05) is 0 Å². The maximum atomic E-state index is 13.7. The fraction of sp³-hybridized carbons (Fsp3) is 0.467. The van der Waals surface area contributed by atoms with Gasteiger partial charge in [-0.05, 0) is 30.9 Å². The summed E-state index contributed by atoms with van der Waals surface area (Å²) in [6.45, 7) is 4.34. The molecule has 1 unspecified atom stereocenters. The van der Waals surface area contributed by atoms with E-state index in [0.717, 1.165) is 24.6 Å². The van der Waals surface area contributed by atoms with Crippen LogP contribution in [-0.2, 0) is 12.8 Å². The molecule has 2 N–H and O–H groups in total. The van der Waals surface area contributed by atoms with Crippen molar-refractivity contribution in [3.8, 4) is 0 Å². The molecule has 1 aromatic heterocycles. The molecule has 1 aromatic carbocycles. The molecule has 0 amide bonds. The van der Waals surface area contributed by atoms with E-state index in [-0.39, 0.29) is 5.82 Å². The van der Waals surface area contributed by atoms with Gasteiger partial charge in [-0.3, -0.25) is 0 Å². The van der Waals surface area contributed by atoms with E-state index in [1.165, 1.54) is 17.3 Å². The Morgan fingerprint density at radius 2 is 2.22 bits per heavy atom. The van der Waals surface area contributed by atoms with Crippen LogP contribution < -0.4 is 5.32 Å². The lowest BCUT2D eigenvalue weighted by molar-refractivity contribution is 0.421. The summed E-state index contributed by atoms with van der Waals surface area (Å²) in [5.74, 6) is -0.143. The minimum Gasteiger partial charge on any atom is -0.356 e. The first-order chi connectivity index (χ1) is 8.65. The van der Waals surface area contributed by atoms with Crippen LogP contribution in [-0.4, -0.2) is 17.1 Å². The van der Waals surface area contributed by atoms with Gasteiger partial charge < -0.3 is 10.3 Å². The van der Waals surface area contributed by atoms with E-state index in [9.17, 15) is 4.39 Å². The van der Waals surface area contributed by atoms with Gasteiger partial charge in [0.15, 0.2) is 0 Å². The molecule has 0 saturated heterocycles. The zero-order chi connectivity index (χ0) is 12.7. The minimum atomic E-state index is -0.143. The van der Waals surface area contributed by atoms with E-state index >= 15 is 0 Å². The summed E-state index contributed by atoms with van der Waals surface area (Å²) in [6, 6.07) is 6.35. The van der Waals surface area contributed by atoms with Crippen LogP contribution in [0.5, 0.6) is 0 Å². The molecule has 0 fully saturated rings. The second-order valence-electron chi connectivity index (χ2n) is 5.51. The quantitative estimate of drug-likeness (QED) is 0.837. The number of hydrogen-bond acceptors (Lipinski definition) is 1. The molecule has 2 nitrogen and oxygen atoms in total. The first-order valence-electron chi connectivity index (χ1n) is 6.69. The Morgan fingerprint density at radius 1 is 1.39 bits per heavy atom. The zero-order valence-electron chi connectivity index (χ0n) is 10.9. The SMILES string of the molecule is CC(C)NC1CCc2[nH]c3c(F)cccc3c2C1. The fourth-order valence-electron chi connectivity index (χ4n) is 3.02. The average molecular weight is 246 g/mol. The number of aromatic nitrogens is 1. The second kappa shape index (κ2) is 4.39. The van der Waals surface area contributed by atoms with E-state index in [0.29, 0.717) is 17.6 Å². The van der Waals surface area contributed by atoms with Crippen LogP contribution in [0.25, 0.3) is 10.9 Å². The molecule has 0 spiro atoms. The number of halogens is 1. The Bertz CT molecular complexity index is 571. The molecule has 1 aliphatic carbocycles. The van der Waals surface area contributed by atoms with Crippen molar-refractivity contribution in [3.63, 3.8) is 0 Å². The van der Waals surface area contributed by atoms with E-state index in [1.807, 2.05) is 6.07 Å². The molecule has 3 heteroatoms. The van der Waals surface area contributed by atoms with E-state index < -0.39 is 0 Å². The highest BCUT2D eigenvalue weighted by molar-refractivity contribution is 5.85. The highest BCUT2D eigenvalue weighted by Crippen LogP contribution is 2.30. The van der Waals surface area contributed by atoms with Crippen LogP contribution in [0.1, 0.15) is 31.5 Å². The van der Waals surface area contributed by atoms with Crippen LogP contribution >= 0.6 is 0 Å². The lowest BCUT2D eigenvalue weighted by Crippen LogP contribution is -2.38. The summed E-state index contributed by atoms with van der Waals surface area (Å²) < 4.78 is 13.7. The van der Waals surface area contributed by atoms with Crippen molar-refractivity contribution in [1.29, 1.82) is 0 Å². The standard InChI is InChI=1S/C15H19FN2/c1-9(2)17-10-6-7-14-12(8-10)11-4-3-5-13(16)15(11)18-14/h3-5,9-10,17-18H,6-8H2,1-2H3. The van der Waals surface area contributed by atoms with Gasteiger partial charge in [0, 0.05) is 23.2 Å². The first-order valence-corrected chi connectivity index (χ1v) is 6.69. The van der Waals surface area contributed by atoms with Crippen LogP contribution in [0.2, 0.25) is 0 Å². The summed E-state index contributed by atoms with van der Waals surface area (Å²) in [5, 5.41) is 4.64. The molecule has 2 aromatic rings. The highest BCUT2D eigenvalue weighted by atomic mass is 19.1. The normalized spacial score (nSPS) is 19.4. The first kappa shape index (κ1) is 11.7. The smallest absolute Gasteiger partial charge is 0.147 e. The van der Waals surface area contributed by atoms with Crippen molar-refractivity contribution >= 4 is 10.9 Å². The van der Waals surface area contributed by atoms with Crippen molar-refractivity contribution in [2.24, 2.45) is 0 Å². The number of aryl methyl sites for hydroxylation is 1. The van der Waals surface area contributed by atoms with Gasteiger partial charge >= 0.3 is 0 Å². The third-order valence-electron chi connectivity index (χ3n) is 3.74. The third-order valence-corrected chi connectivity index (χ3v) is 3.74. The Hall–Kier alpha value is -1.35. The lowest BCUT2D eigenvalue weighted by atomic mass is 9.91. The number of para-hydroxylation sites is 1. The number of H-pyrrole nitrogens is 1. The summed E-state index contributed by atoms with van der Waals surface area (Å²) in [7, 11) is 0. The number of benzene rings is 1. The fourth-order valence-corrected chi connectivity index (χ4v) is 3.02. The van der Waals surface area contributed by atoms with Crippen molar-refractivity contribution < 1.29 is 4.39 Å². The molecule has 18 heavy (non-hydrogen) atoms. The van der Waals surface area contributed by atoms with Gasteiger partial charge in [0.25, 0.3) is 0 Å². The van der Waals surface area contributed by atoms with Gasteiger partial charge in [-0.1, -0.05) is 26.0 Å². The summed E-state index contributed by atoms with van der Waals surface area (Å²) in [6.07, 6.45) is 3.13. The van der Waals surface area contributed by atoms with Crippen molar-refractivity contribution in [1.82, 2.24) is 10.3 Å². The van der Waals surface area contributed by atoms with Crippen LogP contribution in [0.15, 0.2) is 18.2 Å². The number of nitrogens with one attached hydrogen (secondary N) is 2. The topological polar surface area (TPSA) is 27.8 Å². The number of hydrogen-bond donors (Lipinski definition) is 2. The molecular weight excluding hydrogens is 227 g/mol. The van der Waals surface area contributed by atoms with E-state index in [2.05, 4.69) is 24.1 Å². The summed E-state index contributed by atoms with van der Waals surface area (Å²) >= 11 is 0. The molecule has 0 radical (unpaired) electrons. The van der Waals surface area contributed by atoms with Gasteiger partial charge in [0.2, 0.25) is 0 Å². The van der Waals surface area contributed by atoms with Crippen LogP contribution in [0.4, 0.5) is 4.39 Å². The Morgan fingerprint density at radius 3 is 3.00 bits per heavy atom. The maximum Gasteiger partial charge on any atom is 0.147 e. The Balaban J connectivity index is 1.99. The van der Waals surface area contributed by atoms with E-state index in [1.54, 1.807) is 6.07 Å². The molecule has 0 bridgehead atoms. The molecule has 0 saturated carbocycles. The van der Waals surface area contributed by atoms with Gasteiger partial charge in [0.1, 0.15) is 5.82 Å². The molecule has 3 rings (SSSR count). The lowest BCUT2D eigenvalue weighted by Gasteiger charge is -2.25. The van der Waals surface area contributed by atoms with E-state index in [4.69, 9.17) is 0 Å². The number of fused-ring (bicyclic) bond motifs is 3. The minimum absolute atomic E-state index is 0.143. The zero-order valence-corrected chi connectivity index (χ0v) is 10.9. The predicted octanol–water partition coefficient (Wildman–Crippen LogP) is 3.16. The largest absolute Gasteiger partial charge is 0.356 e. The highest BCUT2D eigenvalue weighted by Gasteiger charge is 2.23. The third kappa shape index (κ3) is 1.93. The molecule has 1 heterocycles. The second-order valence-corrected chi connectivity index (χ2v) is 5.51. The predicted molar refractivity (Wildman–Crippen MR) is 72.3 cm³/mol. The monoisotopic (exact) mass is 246 g/mol. The molecule has 96 valence electrons. The molecule has 1 aliphatic rings. The number of aromatic amines is 1. The Kier molecular flexibility index (Phi) is 2.86. The molecule has 0 aliphatic heterocycles. The average Bonchev–Trinajstić information content (AvgIpc) is 2.68. The van der Waals surface area contributed by atoms with Gasteiger partial charge in [-0.15, -0.1) is 0 Å². The van der Waals surface area contributed by atoms with Crippen molar-refractivity contribution in [2.45, 2.75) is 45.2 Å². The number of rotatable bonds is 2. The van der Waals surface area contributed by atoms with Gasteiger partial charge in [-0.25, -0.2) is 4.39 Å². The van der Waals surface area contributed by atoms with Gasteiger partial charge in [-0.2, -0.15) is 0 Å².